The first-order valence-electron chi connectivity index (χ1n) is 9.83. The highest BCUT2D eigenvalue weighted by molar-refractivity contribution is 6.05. The van der Waals surface area contributed by atoms with Crippen molar-refractivity contribution in [3.05, 3.63) is 60.7 Å². The van der Waals surface area contributed by atoms with Crippen LogP contribution in [0.15, 0.2) is 60.7 Å². The van der Waals surface area contributed by atoms with E-state index < -0.39 is 23.5 Å². The smallest absolute Gasteiger partial charge is 0.234 e. The summed E-state index contributed by atoms with van der Waals surface area (Å²) in [5.74, 6) is -0.377. The predicted octanol–water partition coefficient (Wildman–Crippen LogP) is 2.63. The molecule has 5 rings (SSSR count). The van der Waals surface area contributed by atoms with E-state index in [0.717, 1.165) is 5.69 Å². The molecule has 3 unspecified atom stereocenters. The predicted molar refractivity (Wildman–Crippen MR) is 111 cm³/mol. The molecule has 154 valence electrons. The van der Waals surface area contributed by atoms with Crippen LogP contribution in [0.5, 0.6) is 11.5 Å². The summed E-state index contributed by atoms with van der Waals surface area (Å²) in [7, 11) is 3.09. The highest BCUT2D eigenvalue weighted by Gasteiger charge is 2.67. The third kappa shape index (κ3) is 2.69. The van der Waals surface area contributed by atoms with Gasteiger partial charge in [0.25, 0.3) is 0 Å². The number of hydrogen-bond acceptors (Lipinski definition) is 5. The van der Waals surface area contributed by atoms with Gasteiger partial charge in [-0.25, -0.2) is 0 Å². The number of benzene rings is 2. The Morgan fingerprint density at radius 1 is 1.13 bits per heavy atom. The zero-order valence-corrected chi connectivity index (χ0v) is 16.7. The Morgan fingerprint density at radius 2 is 1.90 bits per heavy atom. The van der Waals surface area contributed by atoms with Gasteiger partial charge in [0.2, 0.25) is 11.8 Å². The van der Waals surface area contributed by atoms with E-state index in [1.807, 2.05) is 42.5 Å². The quantitative estimate of drug-likeness (QED) is 0.773. The van der Waals surface area contributed by atoms with E-state index in [1.54, 1.807) is 30.2 Å². The van der Waals surface area contributed by atoms with Crippen molar-refractivity contribution < 1.29 is 23.8 Å². The van der Waals surface area contributed by atoms with Crippen molar-refractivity contribution >= 4 is 23.2 Å². The molecule has 30 heavy (non-hydrogen) atoms. The number of para-hydroxylation sites is 1. The van der Waals surface area contributed by atoms with E-state index in [9.17, 15) is 9.59 Å². The fourth-order valence-corrected chi connectivity index (χ4v) is 4.76. The van der Waals surface area contributed by atoms with Crippen LogP contribution >= 0.6 is 0 Å². The maximum atomic E-state index is 13.3. The molecular weight excluding hydrogens is 384 g/mol. The Balaban J connectivity index is 1.41. The molecule has 3 aliphatic rings. The van der Waals surface area contributed by atoms with Crippen LogP contribution in [0.3, 0.4) is 0 Å². The van der Waals surface area contributed by atoms with Gasteiger partial charge in [-0.05, 0) is 24.3 Å². The Labute approximate surface area is 174 Å². The lowest BCUT2D eigenvalue weighted by Gasteiger charge is -2.23. The Hall–Kier alpha value is -3.32. The second-order valence-electron chi connectivity index (χ2n) is 7.72. The van der Waals surface area contributed by atoms with E-state index in [4.69, 9.17) is 14.2 Å². The zero-order chi connectivity index (χ0) is 20.9. The summed E-state index contributed by atoms with van der Waals surface area (Å²) in [6.45, 7) is 0.410. The largest absolute Gasteiger partial charge is 0.493 e. The molecule has 2 aromatic rings. The van der Waals surface area contributed by atoms with E-state index >= 15 is 0 Å². The fraction of sp³-hybridized carbons (Fsp3) is 0.304. The average Bonchev–Trinajstić information content (AvgIpc) is 3.42. The molecule has 0 saturated carbocycles. The first-order valence-corrected chi connectivity index (χ1v) is 9.83. The van der Waals surface area contributed by atoms with Crippen LogP contribution in [0.2, 0.25) is 0 Å². The SMILES string of the molecule is COc1ccc(NC(=O)C2C3C(=O)N(c4ccccc4)CC34C=C[C@@H]2O4)cc1OC. The zero-order valence-electron chi connectivity index (χ0n) is 16.7. The molecule has 7 nitrogen and oxygen atoms in total. The van der Waals surface area contributed by atoms with Crippen LogP contribution in [0, 0.1) is 11.8 Å². The molecule has 1 N–H and O–H groups in total. The van der Waals surface area contributed by atoms with Crippen LogP contribution in [0.1, 0.15) is 0 Å². The van der Waals surface area contributed by atoms with E-state index in [-0.39, 0.29) is 11.8 Å². The number of hydrogen-bond donors (Lipinski definition) is 1. The Morgan fingerprint density at radius 3 is 2.63 bits per heavy atom. The molecule has 0 radical (unpaired) electrons. The van der Waals surface area contributed by atoms with Crippen molar-refractivity contribution in [1.29, 1.82) is 0 Å². The lowest BCUT2D eigenvalue weighted by molar-refractivity contribution is -0.128. The molecule has 7 heteroatoms. The first kappa shape index (κ1) is 18.7. The summed E-state index contributed by atoms with van der Waals surface area (Å²) in [4.78, 5) is 28.3. The number of rotatable bonds is 5. The third-order valence-electron chi connectivity index (χ3n) is 6.12. The lowest BCUT2D eigenvalue weighted by atomic mass is 9.77. The fourth-order valence-electron chi connectivity index (χ4n) is 4.76. The van der Waals surface area contributed by atoms with Gasteiger partial charge in [0.15, 0.2) is 11.5 Å². The number of ether oxygens (including phenoxy) is 3. The summed E-state index contributed by atoms with van der Waals surface area (Å²) in [5, 5.41) is 2.92. The van der Waals surface area contributed by atoms with Gasteiger partial charge in [-0.1, -0.05) is 30.4 Å². The number of anilines is 2. The minimum absolute atomic E-state index is 0.0829. The normalized spacial score (nSPS) is 28.5. The topological polar surface area (TPSA) is 77.1 Å². The molecule has 2 amide bonds. The summed E-state index contributed by atoms with van der Waals surface area (Å²) < 4.78 is 16.7. The van der Waals surface area contributed by atoms with Gasteiger partial charge < -0.3 is 24.4 Å². The van der Waals surface area contributed by atoms with Gasteiger partial charge in [0.05, 0.1) is 38.7 Å². The van der Waals surface area contributed by atoms with Gasteiger partial charge in [0.1, 0.15) is 5.60 Å². The van der Waals surface area contributed by atoms with Crippen LogP contribution in [-0.2, 0) is 14.3 Å². The number of amides is 2. The minimum Gasteiger partial charge on any atom is -0.493 e. The van der Waals surface area contributed by atoms with Gasteiger partial charge in [-0.3, -0.25) is 9.59 Å². The summed E-state index contributed by atoms with van der Waals surface area (Å²) in [6.07, 6.45) is 3.44. The highest BCUT2D eigenvalue weighted by atomic mass is 16.5. The Kier molecular flexibility index (Phi) is 4.29. The number of carbonyl (C=O) groups is 2. The van der Waals surface area contributed by atoms with Gasteiger partial charge >= 0.3 is 0 Å². The maximum Gasteiger partial charge on any atom is 0.234 e. The van der Waals surface area contributed by atoms with Crippen molar-refractivity contribution in [2.75, 3.05) is 31.0 Å². The third-order valence-corrected chi connectivity index (χ3v) is 6.12. The monoisotopic (exact) mass is 406 g/mol. The Bertz CT molecular complexity index is 1040. The molecule has 0 aromatic heterocycles. The summed E-state index contributed by atoms with van der Waals surface area (Å²) in [5.41, 5.74) is 0.631. The molecule has 4 atom stereocenters. The van der Waals surface area contributed by atoms with Crippen LogP contribution in [0.4, 0.5) is 11.4 Å². The molecule has 2 fully saturated rings. The molecule has 1 spiro atoms. The van der Waals surface area contributed by atoms with Crippen molar-refractivity contribution in [1.82, 2.24) is 0 Å². The molecule has 2 saturated heterocycles. The maximum absolute atomic E-state index is 13.3. The molecule has 0 aliphatic carbocycles. The second-order valence-corrected chi connectivity index (χ2v) is 7.72. The molecular formula is C23H22N2O5. The molecule has 3 aliphatic heterocycles. The first-order chi connectivity index (χ1) is 14.6. The van der Waals surface area contributed by atoms with E-state index in [1.165, 1.54) is 7.11 Å². The van der Waals surface area contributed by atoms with Crippen LogP contribution in [0.25, 0.3) is 0 Å². The van der Waals surface area contributed by atoms with Crippen molar-refractivity contribution in [2.45, 2.75) is 11.7 Å². The number of nitrogens with one attached hydrogen (secondary N) is 1. The van der Waals surface area contributed by atoms with E-state index in [0.29, 0.717) is 23.7 Å². The highest BCUT2D eigenvalue weighted by Crippen LogP contribution is 2.52. The molecule has 2 bridgehead atoms. The van der Waals surface area contributed by atoms with Crippen molar-refractivity contribution in [2.24, 2.45) is 11.8 Å². The minimum atomic E-state index is -0.753. The van der Waals surface area contributed by atoms with Gasteiger partial charge in [-0.15, -0.1) is 0 Å². The van der Waals surface area contributed by atoms with Crippen LogP contribution < -0.4 is 19.7 Å². The van der Waals surface area contributed by atoms with Gasteiger partial charge in [-0.2, -0.15) is 0 Å². The van der Waals surface area contributed by atoms with E-state index in [2.05, 4.69) is 5.32 Å². The standard InChI is InChI=1S/C23H22N2O5/c1-28-16-9-8-14(12-18(16)29-2)24-21(26)19-17-10-11-23(30-17)13-25(22(27)20(19)23)15-6-4-3-5-7-15/h3-12,17,19-20H,13H2,1-2H3,(H,24,26)/t17-,19?,20?,23?/m0/s1. The van der Waals surface area contributed by atoms with Crippen LogP contribution in [-0.4, -0.2) is 44.3 Å². The second kappa shape index (κ2) is 6.88. The molecule has 2 aromatic carbocycles. The van der Waals surface area contributed by atoms with Crippen molar-refractivity contribution in [3.63, 3.8) is 0 Å². The number of carbonyl (C=O) groups excluding carboxylic acids is 2. The molecule has 3 heterocycles. The number of nitrogens with zero attached hydrogens (tertiary/aromatic N) is 1. The number of fused-ring (bicyclic) bond motifs is 1. The average molecular weight is 406 g/mol. The summed E-state index contributed by atoms with van der Waals surface area (Å²) >= 11 is 0. The lowest BCUT2D eigenvalue weighted by Crippen LogP contribution is -2.41. The number of methoxy groups -OCH3 is 2. The van der Waals surface area contributed by atoms with Gasteiger partial charge in [0, 0.05) is 17.4 Å². The summed E-state index contributed by atoms with van der Waals surface area (Å²) in [6, 6.07) is 14.6. The van der Waals surface area contributed by atoms with Crippen molar-refractivity contribution in [3.8, 4) is 11.5 Å².